The van der Waals surface area contributed by atoms with Gasteiger partial charge in [0, 0.05) is 54.7 Å². The van der Waals surface area contributed by atoms with Crippen LogP contribution < -0.4 is 5.32 Å². The minimum absolute atomic E-state index is 0.0192. The van der Waals surface area contributed by atoms with Crippen molar-refractivity contribution >= 4 is 28.2 Å². The molecule has 0 atom stereocenters. The number of nitrogens with one attached hydrogen (secondary N) is 1. The van der Waals surface area contributed by atoms with E-state index in [1.54, 1.807) is 30.3 Å². The Bertz CT molecular complexity index is 1110. The third-order valence-corrected chi connectivity index (χ3v) is 5.97. The molecule has 1 saturated heterocycles. The highest BCUT2D eigenvalue weighted by atomic mass is 19.4. The number of pyridine rings is 1. The SMILES string of the molecule is CCCCN1CCN(C(=O)c2ccc(Nc3ccnc4cc(C(F)(F)F)ccc34)cc2)CC1. The van der Waals surface area contributed by atoms with Crippen molar-refractivity contribution in [1.82, 2.24) is 14.8 Å². The van der Waals surface area contributed by atoms with E-state index >= 15 is 0 Å². The second-order valence-corrected chi connectivity index (χ2v) is 8.28. The number of hydrogen-bond acceptors (Lipinski definition) is 4. The summed E-state index contributed by atoms with van der Waals surface area (Å²) in [5.74, 6) is 0.0192. The van der Waals surface area contributed by atoms with Gasteiger partial charge in [-0.05, 0) is 55.4 Å². The number of benzene rings is 2. The second-order valence-electron chi connectivity index (χ2n) is 8.28. The Balaban J connectivity index is 1.43. The molecule has 1 aliphatic heterocycles. The molecule has 0 spiro atoms. The Hall–Kier alpha value is -3.13. The predicted octanol–water partition coefficient (Wildman–Crippen LogP) is 5.56. The number of halogens is 3. The molecule has 174 valence electrons. The van der Waals surface area contributed by atoms with Crippen LogP contribution in [0.5, 0.6) is 0 Å². The van der Waals surface area contributed by atoms with E-state index in [2.05, 4.69) is 22.1 Å². The first-order valence-corrected chi connectivity index (χ1v) is 11.2. The number of amides is 1. The van der Waals surface area contributed by atoms with E-state index in [4.69, 9.17) is 0 Å². The van der Waals surface area contributed by atoms with Gasteiger partial charge >= 0.3 is 6.18 Å². The van der Waals surface area contributed by atoms with E-state index in [0.717, 1.165) is 50.5 Å². The lowest BCUT2D eigenvalue weighted by atomic mass is 10.1. The summed E-state index contributed by atoms with van der Waals surface area (Å²) in [7, 11) is 0. The fourth-order valence-electron chi connectivity index (χ4n) is 4.02. The lowest BCUT2D eigenvalue weighted by Gasteiger charge is -2.34. The van der Waals surface area contributed by atoms with Gasteiger partial charge in [0.1, 0.15) is 0 Å². The van der Waals surface area contributed by atoms with Gasteiger partial charge in [0.15, 0.2) is 0 Å². The van der Waals surface area contributed by atoms with E-state index in [1.807, 2.05) is 4.90 Å². The molecule has 8 heteroatoms. The highest BCUT2D eigenvalue weighted by Crippen LogP contribution is 2.33. The maximum absolute atomic E-state index is 13.0. The molecule has 0 aliphatic carbocycles. The van der Waals surface area contributed by atoms with E-state index in [-0.39, 0.29) is 11.4 Å². The van der Waals surface area contributed by atoms with Gasteiger partial charge in [0.05, 0.1) is 11.1 Å². The van der Waals surface area contributed by atoms with Gasteiger partial charge in [0.25, 0.3) is 5.91 Å². The number of nitrogens with zero attached hydrogens (tertiary/aromatic N) is 3. The second kappa shape index (κ2) is 9.79. The fourth-order valence-corrected chi connectivity index (χ4v) is 4.02. The van der Waals surface area contributed by atoms with E-state index in [9.17, 15) is 18.0 Å². The molecule has 0 unspecified atom stereocenters. The van der Waals surface area contributed by atoms with Gasteiger partial charge in [-0.2, -0.15) is 13.2 Å². The van der Waals surface area contributed by atoms with E-state index < -0.39 is 11.7 Å². The minimum atomic E-state index is -4.41. The van der Waals surface area contributed by atoms with Crippen molar-refractivity contribution < 1.29 is 18.0 Å². The largest absolute Gasteiger partial charge is 0.416 e. The Labute approximate surface area is 191 Å². The number of aromatic nitrogens is 1. The number of anilines is 2. The zero-order valence-electron chi connectivity index (χ0n) is 18.5. The van der Waals surface area contributed by atoms with Gasteiger partial charge in [0.2, 0.25) is 0 Å². The number of piperazine rings is 1. The lowest BCUT2D eigenvalue weighted by molar-refractivity contribution is -0.137. The lowest BCUT2D eigenvalue weighted by Crippen LogP contribution is -2.48. The normalized spacial score (nSPS) is 15.1. The molecule has 0 radical (unpaired) electrons. The maximum Gasteiger partial charge on any atom is 0.416 e. The van der Waals surface area contributed by atoms with Gasteiger partial charge in [-0.15, -0.1) is 0 Å². The van der Waals surface area contributed by atoms with Crippen LogP contribution in [0.4, 0.5) is 24.5 Å². The van der Waals surface area contributed by atoms with Crippen LogP contribution in [0.2, 0.25) is 0 Å². The smallest absolute Gasteiger partial charge is 0.355 e. The summed E-state index contributed by atoms with van der Waals surface area (Å²) in [6.45, 7) is 6.52. The van der Waals surface area contributed by atoms with Crippen molar-refractivity contribution in [2.75, 3.05) is 38.0 Å². The van der Waals surface area contributed by atoms with Gasteiger partial charge < -0.3 is 10.2 Å². The molecule has 2 aromatic carbocycles. The van der Waals surface area contributed by atoms with Gasteiger partial charge in [-0.3, -0.25) is 14.7 Å². The molecule has 1 N–H and O–H groups in total. The highest BCUT2D eigenvalue weighted by Gasteiger charge is 2.30. The van der Waals surface area contributed by atoms with E-state index in [1.165, 1.54) is 25.1 Å². The molecule has 2 heterocycles. The molecule has 1 amide bonds. The first-order chi connectivity index (χ1) is 15.8. The topological polar surface area (TPSA) is 48.5 Å². The van der Waals surface area contributed by atoms with Crippen molar-refractivity contribution in [2.24, 2.45) is 0 Å². The number of unbranched alkanes of at least 4 members (excludes halogenated alkanes) is 1. The van der Waals surface area contributed by atoms with Crippen molar-refractivity contribution in [2.45, 2.75) is 25.9 Å². The van der Waals surface area contributed by atoms with E-state index in [0.29, 0.717) is 16.6 Å². The molecule has 3 aromatic rings. The van der Waals surface area contributed by atoms with Crippen LogP contribution in [-0.2, 0) is 6.18 Å². The van der Waals surface area contributed by atoms with Crippen LogP contribution in [0.15, 0.2) is 54.7 Å². The van der Waals surface area contributed by atoms with Gasteiger partial charge in [-0.1, -0.05) is 19.4 Å². The number of fused-ring (bicyclic) bond motifs is 1. The zero-order valence-corrected chi connectivity index (χ0v) is 18.5. The first-order valence-electron chi connectivity index (χ1n) is 11.2. The summed E-state index contributed by atoms with van der Waals surface area (Å²) < 4.78 is 39.0. The monoisotopic (exact) mass is 456 g/mol. The van der Waals surface area contributed by atoms with Crippen molar-refractivity contribution in [3.05, 3.63) is 65.9 Å². The standard InChI is InChI=1S/C25H27F3N4O/c1-2-3-12-31-13-15-32(16-14-31)24(33)18-4-7-20(8-5-18)30-22-10-11-29-23-17-19(25(26,27)28)6-9-21(22)23/h4-11,17H,2-3,12-16H2,1H3,(H,29,30). The molecule has 1 aromatic heterocycles. The predicted molar refractivity (Wildman–Crippen MR) is 124 cm³/mol. The van der Waals surface area contributed by atoms with Gasteiger partial charge in [-0.25, -0.2) is 0 Å². The first kappa shape index (κ1) is 23.0. The molecule has 33 heavy (non-hydrogen) atoms. The zero-order chi connectivity index (χ0) is 23.4. The molecular weight excluding hydrogens is 429 g/mol. The van der Waals surface area contributed by atoms with Crippen LogP contribution in [0.3, 0.4) is 0 Å². The number of carbonyl (C=O) groups is 1. The number of rotatable bonds is 6. The number of carbonyl (C=O) groups excluding carboxylic acids is 1. The Morgan fingerprint density at radius 3 is 2.42 bits per heavy atom. The summed E-state index contributed by atoms with van der Waals surface area (Å²) in [4.78, 5) is 21.2. The van der Waals surface area contributed by atoms with Crippen LogP contribution in [0, 0.1) is 0 Å². The number of alkyl halides is 3. The minimum Gasteiger partial charge on any atom is -0.355 e. The quantitative estimate of drug-likeness (QED) is 0.528. The molecule has 0 bridgehead atoms. The third-order valence-electron chi connectivity index (χ3n) is 5.97. The third kappa shape index (κ3) is 5.45. The van der Waals surface area contributed by atoms with Crippen molar-refractivity contribution in [1.29, 1.82) is 0 Å². The highest BCUT2D eigenvalue weighted by molar-refractivity contribution is 5.96. The molecule has 4 rings (SSSR count). The average molecular weight is 457 g/mol. The summed E-state index contributed by atoms with van der Waals surface area (Å²) >= 11 is 0. The maximum atomic E-state index is 13.0. The fraction of sp³-hybridized carbons (Fsp3) is 0.360. The molecule has 5 nitrogen and oxygen atoms in total. The molecular formula is C25H27F3N4O. The Morgan fingerprint density at radius 2 is 1.76 bits per heavy atom. The van der Waals surface area contributed by atoms with Crippen LogP contribution in [0.25, 0.3) is 10.9 Å². The summed E-state index contributed by atoms with van der Waals surface area (Å²) in [5.41, 5.74) is 1.55. The molecule has 0 saturated carbocycles. The summed E-state index contributed by atoms with van der Waals surface area (Å²) in [6, 6.07) is 12.4. The Morgan fingerprint density at radius 1 is 1.03 bits per heavy atom. The van der Waals surface area contributed by atoms with Crippen LogP contribution in [-0.4, -0.2) is 53.4 Å². The summed E-state index contributed by atoms with van der Waals surface area (Å²) in [6.07, 6.45) is -0.589. The molecule has 1 fully saturated rings. The number of hydrogen-bond donors (Lipinski definition) is 1. The van der Waals surface area contributed by atoms with Crippen molar-refractivity contribution in [3.8, 4) is 0 Å². The average Bonchev–Trinajstić information content (AvgIpc) is 2.82. The molecule has 1 aliphatic rings. The summed E-state index contributed by atoms with van der Waals surface area (Å²) in [5, 5.41) is 3.81. The van der Waals surface area contributed by atoms with Crippen LogP contribution >= 0.6 is 0 Å². The Kier molecular flexibility index (Phi) is 6.83. The van der Waals surface area contributed by atoms with Crippen molar-refractivity contribution in [3.63, 3.8) is 0 Å². The van der Waals surface area contributed by atoms with Crippen LogP contribution in [0.1, 0.15) is 35.7 Å².